The lowest BCUT2D eigenvalue weighted by Gasteiger charge is -2.25. The van der Waals surface area contributed by atoms with E-state index >= 15 is 0 Å². The van der Waals surface area contributed by atoms with Crippen molar-refractivity contribution in [2.75, 3.05) is 20.1 Å². The average molecular weight is 225 g/mol. The van der Waals surface area contributed by atoms with Gasteiger partial charge < -0.3 is 9.64 Å². The minimum absolute atomic E-state index is 0.140. The maximum atomic E-state index is 5.93. The zero-order valence-corrected chi connectivity index (χ0v) is 11.3. The minimum atomic E-state index is 0.140. The lowest BCUT2D eigenvalue weighted by Crippen LogP contribution is -2.32. The number of likely N-dealkylation sites (N-methyl/N-ethyl adjacent to an activating group) is 1. The fraction of sp³-hybridized carbons (Fsp3) is 0.714. The van der Waals surface area contributed by atoms with E-state index in [4.69, 9.17) is 4.74 Å². The third-order valence-electron chi connectivity index (χ3n) is 2.69. The van der Waals surface area contributed by atoms with E-state index < -0.39 is 0 Å². The quantitative estimate of drug-likeness (QED) is 0.558. The van der Waals surface area contributed by atoms with Gasteiger partial charge in [-0.25, -0.2) is 0 Å². The zero-order chi connectivity index (χ0) is 12.4. The highest BCUT2D eigenvalue weighted by molar-refractivity contribution is 4.81. The summed E-state index contributed by atoms with van der Waals surface area (Å²) in [5, 5.41) is 0. The smallest absolute Gasteiger partial charge is 0.0729 e. The number of rotatable bonds is 9. The number of ether oxygens (including phenoxy) is 1. The molecule has 0 spiro atoms. The summed E-state index contributed by atoms with van der Waals surface area (Å²) in [7, 11) is 2.13. The van der Waals surface area contributed by atoms with E-state index in [1.54, 1.807) is 0 Å². The van der Waals surface area contributed by atoms with Crippen molar-refractivity contribution in [3.05, 3.63) is 24.8 Å². The van der Waals surface area contributed by atoms with Crippen molar-refractivity contribution >= 4 is 0 Å². The Morgan fingerprint density at radius 1 is 1.44 bits per heavy atom. The van der Waals surface area contributed by atoms with Gasteiger partial charge in [0.25, 0.3) is 0 Å². The van der Waals surface area contributed by atoms with Crippen molar-refractivity contribution in [2.45, 2.75) is 45.8 Å². The van der Waals surface area contributed by atoms with Gasteiger partial charge in [0.05, 0.1) is 12.2 Å². The molecule has 0 aliphatic heterocycles. The normalized spacial score (nSPS) is 15.6. The number of hydrogen-bond acceptors (Lipinski definition) is 2. The first-order valence-corrected chi connectivity index (χ1v) is 6.21. The molecule has 0 heterocycles. The third kappa shape index (κ3) is 7.66. The second kappa shape index (κ2) is 9.61. The summed E-state index contributed by atoms with van der Waals surface area (Å²) in [5.41, 5.74) is 0. The van der Waals surface area contributed by atoms with Gasteiger partial charge in [0.15, 0.2) is 0 Å². The monoisotopic (exact) mass is 225 g/mol. The maximum Gasteiger partial charge on any atom is 0.0729 e. The predicted octanol–water partition coefficient (Wildman–Crippen LogP) is 3.25. The Hall–Kier alpha value is -0.600. The van der Waals surface area contributed by atoms with Crippen LogP contribution in [0.3, 0.4) is 0 Å². The molecule has 16 heavy (non-hydrogen) atoms. The Kier molecular flexibility index (Phi) is 9.25. The van der Waals surface area contributed by atoms with Gasteiger partial charge in [0, 0.05) is 6.54 Å². The highest BCUT2D eigenvalue weighted by Crippen LogP contribution is 2.09. The summed E-state index contributed by atoms with van der Waals surface area (Å²) in [4.78, 5) is 2.29. The molecule has 0 fully saturated rings. The molecule has 94 valence electrons. The molecule has 0 amide bonds. The molecule has 2 nitrogen and oxygen atoms in total. The van der Waals surface area contributed by atoms with Gasteiger partial charge in [-0.15, -0.1) is 6.58 Å². The van der Waals surface area contributed by atoms with Crippen LogP contribution in [-0.4, -0.2) is 37.2 Å². The van der Waals surface area contributed by atoms with Gasteiger partial charge in [-0.3, -0.25) is 0 Å². The summed E-state index contributed by atoms with van der Waals surface area (Å²) < 4.78 is 5.93. The summed E-state index contributed by atoms with van der Waals surface area (Å²) in [6.07, 6.45) is 8.75. The molecular weight excluding hydrogens is 198 g/mol. The molecule has 2 heteroatoms. The van der Waals surface area contributed by atoms with Gasteiger partial charge in [0.2, 0.25) is 0 Å². The van der Waals surface area contributed by atoms with Crippen molar-refractivity contribution in [2.24, 2.45) is 0 Å². The highest BCUT2D eigenvalue weighted by atomic mass is 16.5. The van der Waals surface area contributed by atoms with Crippen LogP contribution in [0.25, 0.3) is 0 Å². The summed E-state index contributed by atoms with van der Waals surface area (Å²) >= 11 is 0. The summed E-state index contributed by atoms with van der Waals surface area (Å²) in [5.74, 6) is 0. The van der Waals surface area contributed by atoms with Crippen LogP contribution in [0, 0.1) is 0 Å². The Morgan fingerprint density at radius 3 is 2.62 bits per heavy atom. The topological polar surface area (TPSA) is 12.5 Å². The standard InChI is InChI=1S/C14H27NO/c1-6-9-10-11-14(12-15(5)8-3)16-13(4)7-2/h6-7,9,13-14H,2,8,10-12H2,1,3-5H3/b9-6-. The van der Waals surface area contributed by atoms with E-state index in [9.17, 15) is 0 Å². The fourth-order valence-electron chi connectivity index (χ4n) is 1.49. The van der Waals surface area contributed by atoms with Crippen molar-refractivity contribution in [1.82, 2.24) is 4.90 Å². The number of nitrogens with zero attached hydrogens (tertiary/aromatic N) is 1. The van der Waals surface area contributed by atoms with Crippen LogP contribution in [0.15, 0.2) is 24.8 Å². The fourth-order valence-corrected chi connectivity index (χ4v) is 1.49. The molecule has 0 aliphatic carbocycles. The second-order valence-corrected chi connectivity index (χ2v) is 4.20. The van der Waals surface area contributed by atoms with E-state index in [2.05, 4.69) is 44.5 Å². The first-order chi connectivity index (χ1) is 7.63. The van der Waals surface area contributed by atoms with Gasteiger partial charge >= 0.3 is 0 Å². The molecular formula is C14H27NO. The molecule has 0 rings (SSSR count). The Bertz CT molecular complexity index is 201. The van der Waals surface area contributed by atoms with Gasteiger partial charge in [0.1, 0.15) is 0 Å². The molecule has 0 aromatic rings. The van der Waals surface area contributed by atoms with Gasteiger partial charge in [-0.05, 0) is 40.3 Å². The molecule has 2 atom stereocenters. The number of allylic oxidation sites excluding steroid dienone is 2. The van der Waals surface area contributed by atoms with Crippen LogP contribution in [0.4, 0.5) is 0 Å². The first-order valence-electron chi connectivity index (χ1n) is 6.21. The molecule has 0 saturated carbocycles. The van der Waals surface area contributed by atoms with E-state index in [0.29, 0.717) is 6.10 Å². The lowest BCUT2D eigenvalue weighted by molar-refractivity contribution is 0.00161. The number of hydrogen-bond donors (Lipinski definition) is 0. The first kappa shape index (κ1) is 15.4. The lowest BCUT2D eigenvalue weighted by atomic mass is 10.1. The largest absolute Gasteiger partial charge is 0.370 e. The highest BCUT2D eigenvalue weighted by Gasteiger charge is 2.12. The molecule has 2 unspecified atom stereocenters. The van der Waals surface area contributed by atoms with Crippen LogP contribution >= 0.6 is 0 Å². The van der Waals surface area contributed by atoms with Crippen molar-refractivity contribution in [1.29, 1.82) is 0 Å². The van der Waals surface area contributed by atoms with Crippen molar-refractivity contribution < 1.29 is 4.74 Å². The van der Waals surface area contributed by atoms with Gasteiger partial charge in [-0.1, -0.05) is 25.2 Å². The Morgan fingerprint density at radius 2 is 2.12 bits per heavy atom. The van der Waals surface area contributed by atoms with E-state index in [1.807, 2.05) is 13.0 Å². The molecule has 0 radical (unpaired) electrons. The van der Waals surface area contributed by atoms with Crippen molar-refractivity contribution in [3.63, 3.8) is 0 Å². The van der Waals surface area contributed by atoms with Crippen LogP contribution in [-0.2, 0) is 4.74 Å². The zero-order valence-electron chi connectivity index (χ0n) is 11.3. The third-order valence-corrected chi connectivity index (χ3v) is 2.69. The van der Waals surface area contributed by atoms with Crippen molar-refractivity contribution in [3.8, 4) is 0 Å². The van der Waals surface area contributed by atoms with Crippen LogP contribution in [0.1, 0.15) is 33.6 Å². The minimum Gasteiger partial charge on any atom is -0.370 e. The molecule has 0 N–H and O–H groups in total. The van der Waals surface area contributed by atoms with Gasteiger partial charge in [-0.2, -0.15) is 0 Å². The molecule has 0 aromatic carbocycles. The van der Waals surface area contributed by atoms with E-state index in [0.717, 1.165) is 25.9 Å². The average Bonchev–Trinajstić information content (AvgIpc) is 2.28. The molecule has 0 bridgehead atoms. The summed E-state index contributed by atoms with van der Waals surface area (Å²) in [6.45, 7) is 12.1. The summed E-state index contributed by atoms with van der Waals surface area (Å²) in [6, 6.07) is 0. The SMILES string of the molecule is C=CC(C)OC(CC/C=C\C)CN(C)CC. The Labute approximate surface area is 101 Å². The Balaban J connectivity index is 4.09. The second-order valence-electron chi connectivity index (χ2n) is 4.20. The van der Waals surface area contributed by atoms with E-state index in [-0.39, 0.29) is 6.10 Å². The van der Waals surface area contributed by atoms with Crippen LogP contribution in [0.5, 0.6) is 0 Å². The van der Waals surface area contributed by atoms with E-state index in [1.165, 1.54) is 0 Å². The molecule has 0 aromatic heterocycles. The molecule has 0 saturated heterocycles. The van der Waals surface area contributed by atoms with Crippen LogP contribution < -0.4 is 0 Å². The van der Waals surface area contributed by atoms with Crippen LogP contribution in [0.2, 0.25) is 0 Å². The predicted molar refractivity (Wildman–Crippen MR) is 71.8 cm³/mol. The molecule has 0 aliphatic rings. The maximum absolute atomic E-state index is 5.93.